The van der Waals surface area contributed by atoms with Gasteiger partial charge in [-0.05, 0) is 11.6 Å². The predicted molar refractivity (Wildman–Crippen MR) is 74.8 cm³/mol. The molecule has 0 fully saturated rings. The van der Waals surface area contributed by atoms with E-state index >= 15 is 0 Å². The molecule has 6 heteroatoms. The molecule has 0 aliphatic heterocycles. The van der Waals surface area contributed by atoms with Crippen molar-refractivity contribution < 1.29 is 4.92 Å². The first-order valence-electron chi connectivity index (χ1n) is 6.06. The summed E-state index contributed by atoms with van der Waals surface area (Å²) in [6.45, 7) is 0.376. The maximum Gasteiger partial charge on any atom is 0.326 e. The average Bonchev–Trinajstić information content (AvgIpc) is 2.75. The quantitative estimate of drug-likeness (QED) is 0.585. The smallest absolute Gasteiger partial charge is 0.306 e. The molecule has 0 aliphatic carbocycles. The Bertz CT molecular complexity index is 834. The Morgan fingerprint density at radius 3 is 2.60 bits per heavy atom. The predicted octanol–water partition coefficient (Wildman–Crippen LogP) is 2.29. The number of nitro benzene ring substituents is 1. The lowest BCUT2D eigenvalue weighted by atomic mass is 10.2. The first-order chi connectivity index (χ1) is 9.65. The van der Waals surface area contributed by atoms with Gasteiger partial charge in [0.2, 0.25) is 0 Å². The molecule has 0 atom stereocenters. The maximum atomic E-state index is 12.0. The van der Waals surface area contributed by atoms with Crippen LogP contribution in [-0.4, -0.2) is 14.5 Å². The zero-order chi connectivity index (χ0) is 14.1. The molecule has 100 valence electrons. The van der Waals surface area contributed by atoms with Crippen molar-refractivity contribution in [2.75, 3.05) is 0 Å². The summed E-state index contributed by atoms with van der Waals surface area (Å²) < 4.78 is 1.50. The normalized spacial score (nSPS) is 10.8. The summed E-state index contributed by atoms with van der Waals surface area (Å²) in [4.78, 5) is 25.0. The van der Waals surface area contributed by atoms with Crippen molar-refractivity contribution in [1.82, 2.24) is 9.55 Å². The van der Waals surface area contributed by atoms with Crippen molar-refractivity contribution in [3.63, 3.8) is 0 Å². The number of imidazole rings is 1. The van der Waals surface area contributed by atoms with Crippen LogP contribution in [0.25, 0.3) is 11.0 Å². The molecule has 0 radical (unpaired) electrons. The summed E-state index contributed by atoms with van der Waals surface area (Å²) in [5, 5.41) is 10.8. The van der Waals surface area contributed by atoms with Gasteiger partial charge in [-0.25, -0.2) is 4.79 Å². The van der Waals surface area contributed by atoms with E-state index in [-0.39, 0.29) is 11.4 Å². The number of nitro groups is 1. The van der Waals surface area contributed by atoms with Crippen LogP contribution in [0.15, 0.2) is 53.3 Å². The highest BCUT2D eigenvalue weighted by Crippen LogP contribution is 2.19. The third-order valence-corrected chi connectivity index (χ3v) is 3.15. The molecule has 6 nitrogen and oxygen atoms in total. The van der Waals surface area contributed by atoms with Gasteiger partial charge < -0.3 is 4.98 Å². The molecule has 0 bridgehead atoms. The molecule has 0 spiro atoms. The standard InChI is InChI=1S/C14H11N3O3/c18-14-15-12-7-6-11(17(19)20)8-13(12)16(14)9-10-4-2-1-3-5-10/h1-8H,9H2,(H,15,18). The second-order valence-electron chi connectivity index (χ2n) is 4.46. The van der Waals surface area contributed by atoms with E-state index in [0.29, 0.717) is 17.6 Å². The van der Waals surface area contributed by atoms with E-state index in [1.807, 2.05) is 30.3 Å². The van der Waals surface area contributed by atoms with Gasteiger partial charge in [0.25, 0.3) is 5.69 Å². The Balaban J connectivity index is 2.14. The average molecular weight is 269 g/mol. The monoisotopic (exact) mass is 269 g/mol. The second kappa shape index (κ2) is 4.65. The fraction of sp³-hybridized carbons (Fsp3) is 0.0714. The topological polar surface area (TPSA) is 80.9 Å². The van der Waals surface area contributed by atoms with Crippen LogP contribution in [0.1, 0.15) is 5.56 Å². The molecule has 2 aromatic carbocycles. The van der Waals surface area contributed by atoms with E-state index in [9.17, 15) is 14.9 Å². The van der Waals surface area contributed by atoms with Gasteiger partial charge in [-0.15, -0.1) is 0 Å². The van der Waals surface area contributed by atoms with E-state index < -0.39 is 4.92 Å². The Kier molecular flexibility index (Phi) is 2.83. The third-order valence-electron chi connectivity index (χ3n) is 3.15. The highest BCUT2D eigenvalue weighted by Gasteiger charge is 2.12. The number of nitrogens with zero attached hydrogens (tertiary/aromatic N) is 2. The molecule has 3 rings (SSSR count). The summed E-state index contributed by atoms with van der Waals surface area (Å²) in [7, 11) is 0. The summed E-state index contributed by atoms with van der Waals surface area (Å²) in [6, 6.07) is 13.8. The van der Waals surface area contributed by atoms with Crippen LogP contribution >= 0.6 is 0 Å². The van der Waals surface area contributed by atoms with E-state index in [4.69, 9.17) is 0 Å². The second-order valence-corrected chi connectivity index (χ2v) is 4.46. The Morgan fingerprint density at radius 1 is 1.15 bits per heavy atom. The lowest BCUT2D eigenvalue weighted by Crippen LogP contribution is -2.17. The number of hydrogen-bond donors (Lipinski definition) is 1. The van der Waals surface area contributed by atoms with E-state index in [1.54, 1.807) is 6.07 Å². The summed E-state index contributed by atoms with van der Waals surface area (Å²) in [6.07, 6.45) is 0. The molecule has 1 N–H and O–H groups in total. The minimum absolute atomic E-state index is 0.0293. The van der Waals surface area contributed by atoms with Crippen LogP contribution in [0.2, 0.25) is 0 Å². The Morgan fingerprint density at radius 2 is 1.90 bits per heavy atom. The number of aromatic nitrogens is 2. The van der Waals surface area contributed by atoms with Crippen LogP contribution in [0.5, 0.6) is 0 Å². The van der Waals surface area contributed by atoms with Gasteiger partial charge in [0, 0.05) is 12.1 Å². The summed E-state index contributed by atoms with van der Waals surface area (Å²) in [5.74, 6) is 0. The van der Waals surface area contributed by atoms with Crippen LogP contribution in [0.3, 0.4) is 0 Å². The fourth-order valence-electron chi connectivity index (χ4n) is 2.18. The Labute approximate surface area is 113 Å². The highest BCUT2D eigenvalue weighted by atomic mass is 16.6. The number of rotatable bonds is 3. The largest absolute Gasteiger partial charge is 0.326 e. The number of aromatic amines is 1. The fourth-order valence-corrected chi connectivity index (χ4v) is 2.18. The molecular formula is C14H11N3O3. The molecule has 0 saturated heterocycles. The molecular weight excluding hydrogens is 258 g/mol. The van der Waals surface area contributed by atoms with Gasteiger partial charge in [-0.3, -0.25) is 14.7 Å². The third kappa shape index (κ3) is 2.07. The molecule has 3 aromatic rings. The number of fused-ring (bicyclic) bond motifs is 1. The first kappa shape index (κ1) is 12.2. The van der Waals surface area contributed by atoms with Crippen LogP contribution in [0, 0.1) is 10.1 Å². The lowest BCUT2D eigenvalue weighted by molar-refractivity contribution is -0.384. The van der Waals surface area contributed by atoms with Crippen molar-refractivity contribution in [2.24, 2.45) is 0 Å². The lowest BCUT2D eigenvalue weighted by Gasteiger charge is -2.03. The van der Waals surface area contributed by atoms with E-state index in [1.165, 1.54) is 16.7 Å². The van der Waals surface area contributed by atoms with Gasteiger partial charge in [-0.2, -0.15) is 0 Å². The first-order valence-corrected chi connectivity index (χ1v) is 6.06. The van der Waals surface area contributed by atoms with Crippen molar-refractivity contribution in [2.45, 2.75) is 6.54 Å². The van der Waals surface area contributed by atoms with Crippen LogP contribution < -0.4 is 5.69 Å². The molecule has 1 aromatic heterocycles. The van der Waals surface area contributed by atoms with Crippen molar-refractivity contribution in [3.8, 4) is 0 Å². The van der Waals surface area contributed by atoms with E-state index in [2.05, 4.69) is 4.98 Å². The summed E-state index contributed by atoms with van der Waals surface area (Å²) in [5.41, 5.74) is 1.79. The van der Waals surface area contributed by atoms with Gasteiger partial charge in [0.1, 0.15) is 0 Å². The highest BCUT2D eigenvalue weighted by molar-refractivity contribution is 5.78. The zero-order valence-corrected chi connectivity index (χ0v) is 10.4. The Hall–Kier alpha value is -2.89. The number of non-ortho nitro benzene ring substituents is 1. The van der Waals surface area contributed by atoms with Gasteiger partial charge in [-0.1, -0.05) is 30.3 Å². The minimum Gasteiger partial charge on any atom is -0.306 e. The molecule has 0 unspecified atom stereocenters. The van der Waals surface area contributed by atoms with Crippen molar-refractivity contribution >= 4 is 16.7 Å². The van der Waals surface area contributed by atoms with Gasteiger partial charge in [0.05, 0.1) is 22.5 Å². The maximum absolute atomic E-state index is 12.0. The zero-order valence-electron chi connectivity index (χ0n) is 10.4. The van der Waals surface area contributed by atoms with Gasteiger partial charge >= 0.3 is 5.69 Å². The van der Waals surface area contributed by atoms with Crippen molar-refractivity contribution in [3.05, 3.63) is 74.7 Å². The molecule has 0 saturated carbocycles. The number of nitrogens with one attached hydrogen (secondary N) is 1. The molecule has 1 heterocycles. The summed E-state index contributed by atoms with van der Waals surface area (Å²) >= 11 is 0. The van der Waals surface area contributed by atoms with Crippen LogP contribution in [-0.2, 0) is 6.54 Å². The SMILES string of the molecule is O=c1[nH]c2ccc([N+](=O)[O-])cc2n1Cc1ccccc1. The number of H-pyrrole nitrogens is 1. The molecule has 20 heavy (non-hydrogen) atoms. The van der Waals surface area contributed by atoms with Gasteiger partial charge in [0.15, 0.2) is 0 Å². The number of benzene rings is 2. The van der Waals surface area contributed by atoms with Crippen molar-refractivity contribution in [1.29, 1.82) is 0 Å². The minimum atomic E-state index is -0.468. The number of hydrogen-bond acceptors (Lipinski definition) is 3. The van der Waals surface area contributed by atoms with E-state index in [0.717, 1.165) is 5.56 Å². The molecule has 0 aliphatic rings. The van der Waals surface area contributed by atoms with Crippen LogP contribution in [0.4, 0.5) is 5.69 Å². The molecule has 0 amide bonds.